The molecule has 2 heteroatoms. The minimum Gasteiger partial charge on any atom is -0.206 e. The van der Waals surface area contributed by atoms with E-state index in [9.17, 15) is 4.39 Å². The van der Waals surface area contributed by atoms with E-state index in [0.29, 0.717) is 0 Å². The number of benzene rings is 2. The molecule has 0 atom stereocenters. The molecule has 3 rings (SSSR count). The Morgan fingerprint density at radius 1 is 0.758 bits per heavy atom. The number of nitriles is 1. The molecule has 1 nitrogen and oxygen atoms in total. The second-order valence-corrected chi connectivity index (χ2v) is 10.2. The third-order valence-corrected chi connectivity index (χ3v) is 7.65. The molecule has 33 heavy (non-hydrogen) atoms. The molecule has 0 radical (unpaired) electrons. The van der Waals surface area contributed by atoms with E-state index in [1.54, 1.807) is 6.07 Å². The lowest BCUT2D eigenvalue weighted by Crippen LogP contribution is -2.15. The van der Waals surface area contributed by atoms with Gasteiger partial charge in [0.1, 0.15) is 11.9 Å². The highest BCUT2D eigenvalue weighted by atomic mass is 19.1. The van der Waals surface area contributed by atoms with E-state index in [2.05, 4.69) is 31.2 Å². The molecule has 178 valence electrons. The first-order valence-corrected chi connectivity index (χ1v) is 13.5. The van der Waals surface area contributed by atoms with E-state index in [1.807, 2.05) is 12.1 Å². The minimum absolute atomic E-state index is 0.0999. The van der Waals surface area contributed by atoms with Crippen molar-refractivity contribution in [3.8, 4) is 17.2 Å². The van der Waals surface area contributed by atoms with Crippen LogP contribution in [0.5, 0.6) is 0 Å². The number of hydrogen-bond donors (Lipinski definition) is 0. The Labute approximate surface area is 201 Å². The van der Waals surface area contributed by atoms with E-state index in [4.69, 9.17) is 5.26 Å². The van der Waals surface area contributed by atoms with Gasteiger partial charge in [-0.05, 0) is 53.5 Å². The van der Waals surface area contributed by atoms with Gasteiger partial charge in [0.05, 0.1) is 5.56 Å². The van der Waals surface area contributed by atoms with Crippen LogP contribution < -0.4 is 0 Å². The minimum atomic E-state index is -0.447. The van der Waals surface area contributed by atoms with Crippen LogP contribution in [0.2, 0.25) is 0 Å². The Morgan fingerprint density at radius 2 is 1.33 bits per heavy atom. The molecule has 0 amide bonds. The summed E-state index contributed by atoms with van der Waals surface area (Å²) in [5.74, 6) is 1.41. The summed E-state index contributed by atoms with van der Waals surface area (Å²) in [5, 5.41) is 8.90. The summed E-state index contributed by atoms with van der Waals surface area (Å²) >= 11 is 0. The highest BCUT2D eigenvalue weighted by Gasteiger charge is 2.20. The summed E-state index contributed by atoms with van der Waals surface area (Å²) in [6.45, 7) is 2.29. The molecule has 2 aromatic carbocycles. The average molecular weight is 448 g/mol. The van der Waals surface area contributed by atoms with Gasteiger partial charge in [0, 0.05) is 0 Å². The Hall–Kier alpha value is -2.14. The maximum absolute atomic E-state index is 13.9. The molecule has 0 saturated heterocycles. The standard InChI is InChI=1S/C31H42FN/c1-2-3-4-5-6-7-8-9-10-25-11-13-26(14-12-25)15-16-27-17-19-28(20-18-27)29-21-22-30(24-33)31(32)23-29/h17-23,25-26H,2-16H2,1H3. The molecule has 0 aliphatic heterocycles. The molecular weight excluding hydrogens is 405 g/mol. The Balaban J connectivity index is 1.31. The molecule has 2 aromatic rings. The summed E-state index contributed by atoms with van der Waals surface area (Å²) < 4.78 is 13.9. The summed E-state index contributed by atoms with van der Waals surface area (Å²) in [6, 6.07) is 15.2. The predicted molar refractivity (Wildman–Crippen MR) is 138 cm³/mol. The van der Waals surface area contributed by atoms with Crippen molar-refractivity contribution in [2.45, 2.75) is 103 Å². The first-order chi connectivity index (χ1) is 16.2. The average Bonchev–Trinajstić information content (AvgIpc) is 2.85. The fraction of sp³-hybridized carbons (Fsp3) is 0.581. The largest absolute Gasteiger partial charge is 0.206 e. The molecule has 1 aliphatic carbocycles. The molecule has 1 saturated carbocycles. The molecule has 1 fully saturated rings. The van der Waals surface area contributed by atoms with Crippen LogP contribution in [-0.4, -0.2) is 0 Å². The lowest BCUT2D eigenvalue weighted by atomic mass is 9.77. The Bertz CT molecular complexity index is 855. The van der Waals surface area contributed by atoms with Gasteiger partial charge < -0.3 is 0 Å². The van der Waals surface area contributed by atoms with Crippen LogP contribution in [0.4, 0.5) is 4.39 Å². The van der Waals surface area contributed by atoms with Gasteiger partial charge in [-0.25, -0.2) is 4.39 Å². The third-order valence-electron chi connectivity index (χ3n) is 7.65. The summed E-state index contributed by atoms with van der Waals surface area (Å²) in [7, 11) is 0. The monoisotopic (exact) mass is 447 g/mol. The maximum Gasteiger partial charge on any atom is 0.141 e. The van der Waals surface area contributed by atoms with Crippen LogP contribution in [0.15, 0.2) is 42.5 Å². The lowest BCUT2D eigenvalue weighted by Gasteiger charge is -2.28. The molecular formula is C31H42FN. The van der Waals surface area contributed by atoms with Crippen LogP contribution >= 0.6 is 0 Å². The van der Waals surface area contributed by atoms with Gasteiger partial charge >= 0.3 is 0 Å². The van der Waals surface area contributed by atoms with Gasteiger partial charge in [0.2, 0.25) is 0 Å². The number of aryl methyl sites for hydroxylation is 1. The van der Waals surface area contributed by atoms with Gasteiger partial charge in [0.25, 0.3) is 0 Å². The van der Waals surface area contributed by atoms with E-state index >= 15 is 0 Å². The first-order valence-electron chi connectivity index (χ1n) is 13.5. The maximum atomic E-state index is 13.9. The third kappa shape index (κ3) is 8.62. The predicted octanol–water partition coefficient (Wildman–Crippen LogP) is 9.63. The number of halogens is 1. The number of unbranched alkanes of at least 4 members (excludes halogenated alkanes) is 7. The van der Waals surface area contributed by atoms with Gasteiger partial charge in [-0.3, -0.25) is 0 Å². The molecule has 0 bridgehead atoms. The SMILES string of the molecule is CCCCCCCCCCC1CCC(CCc2ccc(-c3ccc(C#N)c(F)c3)cc2)CC1. The topological polar surface area (TPSA) is 23.8 Å². The van der Waals surface area contributed by atoms with Crippen molar-refractivity contribution >= 4 is 0 Å². The lowest BCUT2D eigenvalue weighted by molar-refractivity contribution is 0.248. The smallest absolute Gasteiger partial charge is 0.141 e. The fourth-order valence-corrected chi connectivity index (χ4v) is 5.40. The fourth-order valence-electron chi connectivity index (χ4n) is 5.40. The van der Waals surface area contributed by atoms with Crippen molar-refractivity contribution < 1.29 is 4.39 Å². The highest BCUT2D eigenvalue weighted by Crippen LogP contribution is 2.34. The quantitative estimate of drug-likeness (QED) is 0.280. The zero-order valence-corrected chi connectivity index (χ0v) is 20.6. The van der Waals surface area contributed by atoms with Crippen molar-refractivity contribution in [2.24, 2.45) is 11.8 Å². The second kappa shape index (κ2) is 14.2. The summed E-state index contributed by atoms with van der Waals surface area (Å²) in [5.41, 5.74) is 3.30. The van der Waals surface area contributed by atoms with Crippen molar-refractivity contribution in [1.82, 2.24) is 0 Å². The zero-order valence-electron chi connectivity index (χ0n) is 20.6. The van der Waals surface area contributed by atoms with Gasteiger partial charge in [0.15, 0.2) is 0 Å². The summed E-state index contributed by atoms with van der Waals surface area (Å²) in [4.78, 5) is 0. The van der Waals surface area contributed by atoms with E-state index in [0.717, 1.165) is 29.4 Å². The van der Waals surface area contributed by atoms with Crippen LogP contribution in [0.3, 0.4) is 0 Å². The van der Waals surface area contributed by atoms with Gasteiger partial charge in [-0.2, -0.15) is 5.26 Å². The number of nitrogens with zero attached hydrogens (tertiary/aromatic N) is 1. The van der Waals surface area contributed by atoms with Crippen molar-refractivity contribution in [2.75, 3.05) is 0 Å². The summed E-state index contributed by atoms with van der Waals surface area (Å²) in [6.07, 6.45) is 21.0. The van der Waals surface area contributed by atoms with Crippen molar-refractivity contribution in [1.29, 1.82) is 5.26 Å². The Morgan fingerprint density at radius 3 is 1.94 bits per heavy atom. The van der Waals surface area contributed by atoms with Crippen LogP contribution in [0.1, 0.15) is 108 Å². The molecule has 1 aliphatic rings. The van der Waals surface area contributed by atoms with Gasteiger partial charge in [-0.1, -0.05) is 121 Å². The molecule has 0 aromatic heterocycles. The van der Waals surface area contributed by atoms with Gasteiger partial charge in [-0.15, -0.1) is 0 Å². The van der Waals surface area contributed by atoms with E-state index < -0.39 is 5.82 Å². The normalized spacial score (nSPS) is 18.2. The second-order valence-electron chi connectivity index (χ2n) is 10.2. The molecule has 0 N–H and O–H groups in total. The highest BCUT2D eigenvalue weighted by molar-refractivity contribution is 5.64. The number of hydrogen-bond acceptors (Lipinski definition) is 1. The van der Waals surface area contributed by atoms with E-state index in [1.165, 1.54) is 102 Å². The van der Waals surface area contributed by atoms with Crippen molar-refractivity contribution in [3.05, 3.63) is 59.4 Å². The molecule has 0 unspecified atom stereocenters. The molecule has 0 heterocycles. The zero-order chi connectivity index (χ0) is 23.3. The van der Waals surface area contributed by atoms with Crippen LogP contribution in [0, 0.1) is 29.0 Å². The first kappa shape index (κ1) is 25.5. The molecule has 0 spiro atoms. The number of rotatable bonds is 13. The Kier molecular flexibility index (Phi) is 11.0. The van der Waals surface area contributed by atoms with Crippen molar-refractivity contribution in [3.63, 3.8) is 0 Å². The van der Waals surface area contributed by atoms with Crippen LogP contribution in [-0.2, 0) is 6.42 Å². The van der Waals surface area contributed by atoms with E-state index in [-0.39, 0.29) is 5.56 Å². The van der Waals surface area contributed by atoms with Crippen LogP contribution in [0.25, 0.3) is 11.1 Å².